The summed E-state index contributed by atoms with van der Waals surface area (Å²) in [4.78, 5) is 11.9. The first-order chi connectivity index (χ1) is 9.96. The van der Waals surface area contributed by atoms with Crippen LogP contribution in [0.2, 0.25) is 0 Å². The lowest BCUT2D eigenvalue weighted by Gasteiger charge is -2.24. The lowest BCUT2D eigenvalue weighted by Crippen LogP contribution is -2.34. The second-order valence-corrected chi connectivity index (χ2v) is 6.87. The van der Waals surface area contributed by atoms with Crippen LogP contribution in [0.1, 0.15) is 38.7 Å². The quantitative estimate of drug-likeness (QED) is 0.681. The van der Waals surface area contributed by atoms with Gasteiger partial charge in [0.1, 0.15) is 5.75 Å². The van der Waals surface area contributed by atoms with Crippen molar-refractivity contribution in [1.82, 2.24) is 5.32 Å². The molecule has 0 aliphatic heterocycles. The van der Waals surface area contributed by atoms with E-state index in [0.717, 1.165) is 42.5 Å². The predicted octanol–water partition coefficient (Wildman–Crippen LogP) is 3.95. The molecule has 0 radical (unpaired) electrons. The van der Waals surface area contributed by atoms with Gasteiger partial charge in [-0.2, -0.15) is 0 Å². The molecule has 21 heavy (non-hydrogen) atoms. The summed E-state index contributed by atoms with van der Waals surface area (Å²) in [7, 11) is 1.65. The van der Waals surface area contributed by atoms with E-state index in [1.165, 1.54) is 0 Å². The number of methoxy groups -OCH3 is 1. The molecule has 3 nitrogen and oxygen atoms in total. The second-order valence-electron chi connectivity index (χ2n) is 6.08. The van der Waals surface area contributed by atoms with Crippen molar-refractivity contribution >= 4 is 21.8 Å². The van der Waals surface area contributed by atoms with E-state index in [9.17, 15) is 4.79 Å². The zero-order chi connectivity index (χ0) is 15.7. The monoisotopic (exact) mass is 355 g/mol. The molecule has 0 saturated heterocycles. The number of carbonyl (C=O) groups excluding carboxylic acids is 1. The summed E-state index contributed by atoms with van der Waals surface area (Å²) in [5.74, 6) is 0.967. The van der Waals surface area contributed by atoms with Crippen molar-refractivity contribution in [1.29, 1.82) is 0 Å². The molecule has 0 unspecified atom stereocenters. The highest BCUT2D eigenvalue weighted by Crippen LogP contribution is 2.21. The molecule has 0 atom stereocenters. The first-order valence-electron chi connectivity index (χ1n) is 7.42. The average molecular weight is 356 g/mol. The van der Waals surface area contributed by atoms with Crippen LogP contribution in [0.15, 0.2) is 24.3 Å². The fourth-order valence-electron chi connectivity index (χ4n) is 2.11. The highest BCUT2D eigenvalue weighted by atomic mass is 79.9. The van der Waals surface area contributed by atoms with Crippen LogP contribution in [0.5, 0.6) is 5.75 Å². The number of hydrogen-bond donors (Lipinski definition) is 1. The Bertz CT molecular complexity index is 429. The Balaban J connectivity index is 2.30. The van der Waals surface area contributed by atoms with Crippen LogP contribution in [0, 0.1) is 5.41 Å². The molecule has 0 aliphatic carbocycles. The van der Waals surface area contributed by atoms with E-state index in [1.54, 1.807) is 7.11 Å². The van der Waals surface area contributed by atoms with Gasteiger partial charge in [0.25, 0.3) is 0 Å². The molecule has 1 aromatic rings. The molecule has 0 heterocycles. The maximum Gasteiger partial charge on any atom is 0.220 e. The minimum Gasteiger partial charge on any atom is -0.497 e. The minimum absolute atomic E-state index is 0.123. The van der Waals surface area contributed by atoms with Crippen molar-refractivity contribution in [2.24, 2.45) is 5.41 Å². The van der Waals surface area contributed by atoms with Crippen LogP contribution in [0.25, 0.3) is 0 Å². The first kappa shape index (κ1) is 18.0. The van der Waals surface area contributed by atoms with Crippen LogP contribution >= 0.6 is 15.9 Å². The van der Waals surface area contributed by atoms with Crippen molar-refractivity contribution in [3.8, 4) is 5.75 Å². The zero-order valence-electron chi connectivity index (χ0n) is 13.2. The topological polar surface area (TPSA) is 38.3 Å². The zero-order valence-corrected chi connectivity index (χ0v) is 14.8. The number of nitrogens with one attached hydrogen (secondary N) is 1. The molecule has 0 fully saturated rings. The second kappa shape index (κ2) is 9.08. The molecule has 0 saturated carbocycles. The molecule has 0 aliphatic rings. The van der Waals surface area contributed by atoms with Crippen LogP contribution in [-0.4, -0.2) is 24.9 Å². The normalized spacial score (nSPS) is 11.2. The SMILES string of the molecule is COc1ccc(CCC(=O)NCC(C)(C)CCCBr)cc1. The summed E-state index contributed by atoms with van der Waals surface area (Å²) in [5.41, 5.74) is 1.31. The van der Waals surface area contributed by atoms with Crippen LogP contribution in [0.4, 0.5) is 0 Å². The van der Waals surface area contributed by atoms with Crippen LogP contribution in [0.3, 0.4) is 0 Å². The van der Waals surface area contributed by atoms with E-state index in [4.69, 9.17) is 4.74 Å². The Kier molecular flexibility index (Phi) is 7.79. The van der Waals surface area contributed by atoms with Crippen molar-refractivity contribution in [3.05, 3.63) is 29.8 Å². The number of halogens is 1. The van der Waals surface area contributed by atoms with Crippen LogP contribution in [-0.2, 0) is 11.2 Å². The number of ether oxygens (including phenoxy) is 1. The van der Waals surface area contributed by atoms with Gasteiger partial charge >= 0.3 is 0 Å². The largest absolute Gasteiger partial charge is 0.497 e. The number of rotatable bonds is 9. The molecule has 1 N–H and O–H groups in total. The number of aryl methyl sites for hydroxylation is 1. The van der Waals surface area contributed by atoms with Gasteiger partial charge in [-0.3, -0.25) is 4.79 Å². The Labute approximate surface area is 136 Å². The van der Waals surface area contributed by atoms with E-state index >= 15 is 0 Å². The number of carbonyl (C=O) groups is 1. The van der Waals surface area contributed by atoms with Gasteiger partial charge in [0, 0.05) is 18.3 Å². The fraction of sp³-hybridized carbons (Fsp3) is 0.588. The van der Waals surface area contributed by atoms with E-state index in [0.29, 0.717) is 6.42 Å². The Morgan fingerprint density at radius 2 is 1.95 bits per heavy atom. The smallest absolute Gasteiger partial charge is 0.220 e. The molecule has 0 bridgehead atoms. The third-order valence-corrected chi connectivity index (χ3v) is 4.11. The van der Waals surface area contributed by atoms with E-state index in [1.807, 2.05) is 24.3 Å². The van der Waals surface area contributed by atoms with Gasteiger partial charge in [0.2, 0.25) is 5.91 Å². The molecule has 1 amide bonds. The first-order valence-corrected chi connectivity index (χ1v) is 8.54. The van der Waals surface area contributed by atoms with Gasteiger partial charge in [-0.25, -0.2) is 0 Å². The van der Waals surface area contributed by atoms with Gasteiger partial charge in [-0.1, -0.05) is 41.9 Å². The lowest BCUT2D eigenvalue weighted by molar-refractivity contribution is -0.121. The lowest BCUT2D eigenvalue weighted by atomic mass is 9.88. The van der Waals surface area contributed by atoms with Crippen LogP contribution < -0.4 is 10.1 Å². The fourth-order valence-corrected chi connectivity index (χ4v) is 2.39. The van der Waals surface area contributed by atoms with E-state index in [-0.39, 0.29) is 11.3 Å². The summed E-state index contributed by atoms with van der Waals surface area (Å²) in [5, 5.41) is 4.06. The standard InChI is InChI=1S/C17H26BrNO2/c1-17(2,11-4-12-18)13-19-16(20)10-7-14-5-8-15(21-3)9-6-14/h5-6,8-9H,4,7,10-13H2,1-3H3,(H,19,20). The molecule has 1 aromatic carbocycles. The van der Waals surface area contributed by atoms with Gasteiger partial charge in [-0.05, 0) is 42.4 Å². The Hall–Kier alpha value is -1.03. The maximum atomic E-state index is 11.9. The summed E-state index contributed by atoms with van der Waals surface area (Å²) in [6.45, 7) is 5.13. The molecular weight excluding hydrogens is 330 g/mol. The highest BCUT2D eigenvalue weighted by Gasteiger charge is 2.18. The molecular formula is C17H26BrNO2. The summed E-state index contributed by atoms with van der Waals surface area (Å²) < 4.78 is 5.12. The summed E-state index contributed by atoms with van der Waals surface area (Å²) in [6, 6.07) is 7.87. The summed E-state index contributed by atoms with van der Waals surface area (Å²) >= 11 is 3.45. The van der Waals surface area contributed by atoms with Crippen molar-refractivity contribution in [2.45, 2.75) is 39.5 Å². The van der Waals surface area contributed by atoms with E-state index in [2.05, 4.69) is 35.1 Å². The van der Waals surface area contributed by atoms with Gasteiger partial charge in [0.05, 0.1) is 7.11 Å². The third kappa shape index (κ3) is 7.51. The van der Waals surface area contributed by atoms with Gasteiger partial charge < -0.3 is 10.1 Å². The van der Waals surface area contributed by atoms with Crippen molar-refractivity contribution in [2.75, 3.05) is 19.0 Å². The Morgan fingerprint density at radius 1 is 1.29 bits per heavy atom. The van der Waals surface area contributed by atoms with Gasteiger partial charge in [0.15, 0.2) is 0 Å². The number of amides is 1. The number of benzene rings is 1. The molecule has 1 rings (SSSR count). The maximum absolute atomic E-state index is 11.9. The number of alkyl halides is 1. The molecule has 0 aromatic heterocycles. The van der Waals surface area contributed by atoms with Gasteiger partial charge in [-0.15, -0.1) is 0 Å². The number of hydrogen-bond acceptors (Lipinski definition) is 2. The molecule has 4 heteroatoms. The molecule has 0 spiro atoms. The average Bonchev–Trinajstić information content (AvgIpc) is 2.49. The van der Waals surface area contributed by atoms with E-state index < -0.39 is 0 Å². The highest BCUT2D eigenvalue weighted by molar-refractivity contribution is 9.09. The minimum atomic E-state index is 0.123. The predicted molar refractivity (Wildman–Crippen MR) is 91.1 cm³/mol. The molecule has 118 valence electrons. The Morgan fingerprint density at radius 3 is 2.52 bits per heavy atom. The van der Waals surface area contributed by atoms with Crippen molar-refractivity contribution in [3.63, 3.8) is 0 Å². The van der Waals surface area contributed by atoms with Crippen molar-refractivity contribution < 1.29 is 9.53 Å². The third-order valence-electron chi connectivity index (χ3n) is 3.55. The summed E-state index contributed by atoms with van der Waals surface area (Å²) in [6.07, 6.45) is 3.53.